The molecule has 106 valence electrons. The highest BCUT2D eigenvalue weighted by molar-refractivity contribution is 5.83. The summed E-state index contributed by atoms with van der Waals surface area (Å²) in [5, 5.41) is 12.6. The average molecular weight is 258 g/mol. The Morgan fingerprint density at radius 3 is 2.56 bits per heavy atom. The summed E-state index contributed by atoms with van der Waals surface area (Å²) in [6, 6.07) is 0. The van der Waals surface area contributed by atoms with Gasteiger partial charge in [-0.25, -0.2) is 0 Å². The van der Waals surface area contributed by atoms with E-state index in [0.717, 1.165) is 0 Å². The van der Waals surface area contributed by atoms with Crippen LogP contribution in [0.4, 0.5) is 0 Å². The molecule has 0 aromatic heterocycles. The fraction of sp³-hybridized carbons (Fsp3) is 0.923. The Morgan fingerprint density at radius 1 is 1.44 bits per heavy atom. The van der Waals surface area contributed by atoms with Gasteiger partial charge in [0.25, 0.3) is 0 Å². The number of hydrogen-bond donors (Lipinski definition) is 3. The summed E-state index contributed by atoms with van der Waals surface area (Å²) < 4.78 is 5.27. The summed E-state index contributed by atoms with van der Waals surface area (Å²) >= 11 is 0. The van der Waals surface area contributed by atoms with Crippen LogP contribution in [0.1, 0.15) is 33.1 Å². The van der Waals surface area contributed by atoms with Gasteiger partial charge in [0, 0.05) is 26.3 Å². The van der Waals surface area contributed by atoms with Crippen LogP contribution in [-0.2, 0) is 9.53 Å². The number of hydrogen-bond acceptors (Lipinski definition) is 4. The van der Waals surface area contributed by atoms with E-state index in [1.807, 2.05) is 13.8 Å². The smallest absolute Gasteiger partial charge is 0.227 e. The second kappa shape index (κ2) is 7.07. The maximum absolute atomic E-state index is 12.2. The number of amides is 1. The van der Waals surface area contributed by atoms with Gasteiger partial charge in [0.15, 0.2) is 0 Å². The molecule has 0 saturated carbocycles. The van der Waals surface area contributed by atoms with Crippen molar-refractivity contribution in [3.05, 3.63) is 0 Å². The molecule has 1 heterocycles. The summed E-state index contributed by atoms with van der Waals surface area (Å²) in [6.07, 6.45) is 1.54. The van der Waals surface area contributed by atoms with E-state index in [2.05, 4.69) is 5.32 Å². The molecule has 0 bridgehead atoms. The Kier molecular flexibility index (Phi) is 6.05. The molecule has 5 heteroatoms. The van der Waals surface area contributed by atoms with Gasteiger partial charge in [0.1, 0.15) is 0 Å². The van der Waals surface area contributed by atoms with E-state index in [0.29, 0.717) is 51.5 Å². The third kappa shape index (κ3) is 4.23. The van der Waals surface area contributed by atoms with Gasteiger partial charge < -0.3 is 20.9 Å². The molecule has 5 nitrogen and oxygen atoms in total. The number of carbonyl (C=O) groups excluding carboxylic acids is 1. The lowest BCUT2D eigenvalue weighted by molar-refractivity contribution is -0.136. The Labute approximate surface area is 109 Å². The third-order valence-corrected chi connectivity index (χ3v) is 3.56. The molecule has 1 amide bonds. The largest absolute Gasteiger partial charge is 0.391 e. The van der Waals surface area contributed by atoms with Crippen LogP contribution >= 0.6 is 0 Å². The molecule has 1 aliphatic rings. The first-order chi connectivity index (χ1) is 8.50. The minimum absolute atomic E-state index is 0.0453. The molecule has 1 unspecified atom stereocenters. The fourth-order valence-corrected chi connectivity index (χ4v) is 2.31. The lowest BCUT2D eigenvalue weighted by atomic mass is 9.79. The zero-order valence-corrected chi connectivity index (χ0v) is 11.4. The first-order valence-corrected chi connectivity index (χ1v) is 6.74. The van der Waals surface area contributed by atoms with Crippen molar-refractivity contribution in [1.29, 1.82) is 0 Å². The molecule has 18 heavy (non-hydrogen) atoms. The van der Waals surface area contributed by atoms with Crippen LogP contribution < -0.4 is 11.1 Å². The lowest BCUT2D eigenvalue weighted by Crippen LogP contribution is -2.50. The van der Waals surface area contributed by atoms with Gasteiger partial charge in [0.2, 0.25) is 5.91 Å². The summed E-state index contributed by atoms with van der Waals surface area (Å²) in [5.74, 6) is 0.375. The number of nitrogens with one attached hydrogen (secondary N) is 1. The molecule has 0 radical (unpaired) electrons. The Morgan fingerprint density at radius 2 is 2.06 bits per heavy atom. The van der Waals surface area contributed by atoms with Crippen LogP contribution in [0, 0.1) is 11.3 Å². The van der Waals surface area contributed by atoms with Crippen LogP contribution in [-0.4, -0.2) is 43.4 Å². The van der Waals surface area contributed by atoms with Crippen molar-refractivity contribution in [3.63, 3.8) is 0 Å². The molecule has 4 N–H and O–H groups in total. The zero-order chi connectivity index (χ0) is 13.6. The predicted molar refractivity (Wildman–Crippen MR) is 70.0 cm³/mol. The van der Waals surface area contributed by atoms with Crippen molar-refractivity contribution in [2.75, 3.05) is 26.3 Å². The quantitative estimate of drug-likeness (QED) is 0.638. The molecule has 1 rings (SSSR count). The number of aliphatic hydroxyl groups is 1. The van der Waals surface area contributed by atoms with Crippen LogP contribution in [0.5, 0.6) is 0 Å². The van der Waals surface area contributed by atoms with Crippen molar-refractivity contribution in [3.8, 4) is 0 Å². The molecular weight excluding hydrogens is 232 g/mol. The number of aliphatic hydroxyl groups excluding tert-OH is 1. The highest BCUT2D eigenvalue weighted by Gasteiger charge is 2.38. The normalized spacial score (nSPS) is 20.7. The second-order valence-electron chi connectivity index (χ2n) is 5.59. The van der Waals surface area contributed by atoms with Crippen molar-refractivity contribution in [2.24, 2.45) is 17.1 Å². The summed E-state index contributed by atoms with van der Waals surface area (Å²) in [4.78, 5) is 12.2. The van der Waals surface area contributed by atoms with E-state index < -0.39 is 11.5 Å². The number of carbonyl (C=O) groups is 1. The molecular formula is C13H26N2O3. The maximum Gasteiger partial charge on any atom is 0.227 e. The van der Waals surface area contributed by atoms with Gasteiger partial charge in [-0.15, -0.1) is 0 Å². The van der Waals surface area contributed by atoms with Gasteiger partial charge in [-0.1, -0.05) is 13.8 Å². The predicted octanol–water partition coefficient (Wildman–Crippen LogP) is 0.265. The van der Waals surface area contributed by atoms with Crippen LogP contribution in [0.3, 0.4) is 0 Å². The molecule has 1 atom stereocenters. The minimum atomic E-state index is -0.504. The number of ether oxygens (including phenoxy) is 1. The van der Waals surface area contributed by atoms with Crippen LogP contribution in [0.2, 0.25) is 0 Å². The average Bonchev–Trinajstić information content (AvgIpc) is 2.36. The number of nitrogens with two attached hydrogens (primary N) is 1. The van der Waals surface area contributed by atoms with Crippen molar-refractivity contribution < 1.29 is 14.6 Å². The molecule has 1 aliphatic heterocycles. The van der Waals surface area contributed by atoms with E-state index in [1.54, 1.807) is 0 Å². The molecule has 1 fully saturated rings. The molecule has 1 saturated heterocycles. The summed E-state index contributed by atoms with van der Waals surface area (Å²) in [7, 11) is 0. The Bertz CT molecular complexity index is 263. The van der Waals surface area contributed by atoms with Gasteiger partial charge >= 0.3 is 0 Å². The Hall–Kier alpha value is -0.650. The summed E-state index contributed by atoms with van der Waals surface area (Å²) in [6.45, 7) is 5.90. The van der Waals surface area contributed by atoms with E-state index in [1.165, 1.54) is 0 Å². The minimum Gasteiger partial charge on any atom is -0.391 e. The first-order valence-electron chi connectivity index (χ1n) is 6.74. The van der Waals surface area contributed by atoms with Crippen molar-refractivity contribution in [1.82, 2.24) is 5.32 Å². The standard InChI is InChI=1S/C13H26N2O3/c1-10(2)7-11(16)8-15-12(17)13(9-14)3-5-18-6-4-13/h10-11,16H,3-9,14H2,1-2H3,(H,15,17). The van der Waals surface area contributed by atoms with E-state index >= 15 is 0 Å². The Balaban J connectivity index is 2.42. The molecule has 0 aliphatic carbocycles. The van der Waals surface area contributed by atoms with Crippen molar-refractivity contribution >= 4 is 5.91 Å². The summed E-state index contributed by atoms with van der Waals surface area (Å²) in [5.41, 5.74) is 5.24. The van der Waals surface area contributed by atoms with Crippen molar-refractivity contribution in [2.45, 2.75) is 39.2 Å². The van der Waals surface area contributed by atoms with E-state index in [9.17, 15) is 9.90 Å². The van der Waals surface area contributed by atoms with E-state index in [4.69, 9.17) is 10.5 Å². The number of rotatable bonds is 6. The fourth-order valence-electron chi connectivity index (χ4n) is 2.31. The van der Waals surface area contributed by atoms with Crippen LogP contribution in [0.15, 0.2) is 0 Å². The maximum atomic E-state index is 12.2. The zero-order valence-electron chi connectivity index (χ0n) is 11.4. The topological polar surface area (TPSA) is 84.6 Å². The molecule has 0 aromatic rings. The first kappa shape index (κ1) is 15.4. The highest BCUT2D eigenvalue weighted by Crippen LogP contribution is 2.29. The van der Waals surface area contributed by atoms with Crippen LogP contribution in [0.25, 0.3) is 0 Å². The third-order valence-electron chi connectivity index (χ3n) is 3.56. The molecule has 0 aromatic carbocycles. The second-order valence-corrected chi connectivity index (χ2v) is 5.59. The van der Waals surface area contributed by atoms with E-state index in [-0.39, 0.29) is 5.91 Å². The van der Waals surface area contributed by atoms with Gasteiger partial charge in [-0.3, -0.25) is 4.79 Å². The SMILES string of the molecule is CC(C)CC(O)CNC(=O)C1(CN)CCOCC1. The monoisotopic (exact) mass is 258 g/mol. The molecule has 0 spiro atoms. The van der Waals surface area contributed by atoms with Gasteiger partial charge in [-0.2, -0.15) is 0 Å². The van der Waals surface area contributed by atoms with Gasteiger partial charge in [-0.05, 0) is 25.2 Å². The van der Waals surface area contributed by atoms with Gasteiger partial charge in [0.05, 0.1) is 11.5 Å². The lowest BCUT2D eigenvalue weighted by Gasteiger charge is -2.34. The highest BCUT2D eigenvalue weighted by atomic mass is 16.5.